The zero-order chi connectivity index (χ0) is 5.15. The van der Waals surface area contributed by atoms with Gasteiger partial charge in [0, 0.05) is 18.8 Å². The molecule has 0 saturated carbocycles. The van der Waals surface area contributed by atoms with Crippen LogP contribution in [-0.2, 0) is 0 Å². The van der Waals surface area contributed by atoms with E-state index in [1.165, 1.54) is 0 Å². The Labute approximate surface area is 85.0 Å². The van der Waals surface area contributed by atoms with Crippen LogP contribution in [0, 0.1) is 10.1 Å². The Balaban J connectivity index is 0. The van der Waals surface area contributed by atoms with Crippen molar-refractivity contribution in [2.45, 2.75) is 19.9 Å². The van der Waals surface area contributed by atoms with Crippen LogP contribution in [0.5, 0.6) is 0 Å². The average molecular weight is 129 g/mol. The third kappa shape index (κ3) is 7.04. The van der Waals surface area contributed by atoms with E-state index in [0.717, 1.165) is 0 Å². The van der Waals surface area contributed by atoms with Gasteiger partial charge in [0.25, 0.3) is 0 Å². The molecule has 0 atom stereocenters. The molecule has 3 nitrogen and oxygen atoms in total. The van der Waals surface area contributed by atoms with E-state index in [2.05, 4.69) is 0 Å². The molecule has 0 fully saturated rings. The molecule has 0 aromatic heterocycles. The van der Waals surface area contributed by atoms with Crippen molar-refractivity contribution in [1.82, 2.24) is 0 Å². The third-order valence-electron chi connectivity index (χ3n) is 0.422. The standard InChI is InChI=1S/C3H7NO2.K.H/c1-3(2)4(5)6;;/h3H,1-2H3;;. The summed E-state index contributed by atoms with van der Waals surface area (Å²) in [6.45, 7) is 3.08. The van der Waals surface area contributed by atoms with E-state index in [1.54, 1.807) is 13.8 Å². The van der Waals surface area contributed by atoms with E-state index >= 15 is 0 Å². The maximum atomic E-state index is 9.50. The molecule has 0 aliphatic carbocycles. The second-order valence-corrected chi connectivity index (χ2v) is 1.38. The number of hydrogen-bond acceptors (Lipinski definition) is 2. The molecule has 0 bridgehead atoms. The monoisotopic (exact) mass is 129 g/mol. The summed E-state index contributed by atoms with van der Waals surface area (Å²) in [6.07, 6.45) is 0. The Hall–Kier alpha value is 1.04. The van der Waals surface area contributed by atoms with Crippen molar-refractivity contribution in [1.29, 1.82) is 0 Å². The minimum absolute atomic E-state index is 0. The molecule has 0 radical (unpaired) electrons. The van der Waals surface area contributed by atoms with Crippen LogP contribution in [0.2, 0.25) is 0 Å². The molecule has 0 N–H and O–H groups in total. The van der Waals surface area contributed by atoms with Gasteiger partial charge in [0.05, 0.1) is 0 Å². The molecule has 0 aromatic carbocycles. The van der Waals surface area contributed by atoms with Crippen molar-refractivity contribution in [3.63, 3.8) is 0 Å². The number of rotatable bonds is 1. The van der Waals surface area contributed by atoms with Crippen molar-refractivity contribution in [3.05, 3.63) is 10.1 Å². The Morgan fingerprint density at radius 1 is 1.57 bits per heavy atom. The van der Waals surface area contributed by atoms with Crippen LogP contribution in [0.4, 0.5) is 0 Å². The summed E-state index contributed by atoms with van der Waals surface area (Å²) in [5, 5.41) is 9.50. The number of nitrogens with zero attached hydrogens (tertiary/aromatic N) is 1. The fourth-order valence-electron chi connectivity index (χ4n) is 0. The van der Waals surface area contributed by atoms with Gasteiger partial charge in [-0.3, -0.25) is 10.1 Å². The topological polar surface area (TPSA) is 43.1 Å². The number of nitro groups is 1. The Morgan fingerprint density at radius 2 is 1.71 bits per heavy atom. The summed E-state index contributed by atoms with van der Waals surface area (Å²) in [5.41, 5.74) is 0. The Morgan fingerprint density at radius 3 is 1.71 bits per heavy atom. The summed E-state index contributed by atoms with van der Waals surface area (Å²) >= 11 is 0. The molecule has 0 heterocycles. The molecular formula is C3H8KNO2. The van der Waals surface area contributed by atoms with Crippen LogP contribution in [0.3, 0.4) is 0 Å². The van der Waals surface area contributed by atoms with Gasteiger partial charge in [-0.15, -0.1) is 0 Å². The molecule has 0 amide bonds. The fourth-order valence-corrected chi connectivity index (χ4v) is 0. The molecule has 0 aromatic rings. The molecule has 4 heteroatoms. The normalized spacial score (nSPS) is 7.86. The number of hydrogen-bond donors (Lipinski definition) is 0. The molecular weight excluding hydrogens is 121 g/mol. The zero-order valence-corrected chi connectivity index (χ0v) is 3.84. The van der Waals surface area contributed by atoms with Gasteiger partial charge in [0.1, 0.15) is 0 Å². The molecule has 0 saturated heterocycles. The van der Waals surface area contributed by atoms with Crippen molar-refractivity contribution in [2.24, 2.45) is 0 Å². The predicted molar refractivity (Wildman–Crippen MR) is 29.3 cm³/mol. The van der Waals surface area contributed by atoms with Crippen LogP contribution >= 0.6 is 0 Å². The van der Waals surface area contributed by atoms with E-state index in [9.17, 15) is 10.1 Å². The van der Waals surface area contributed by atoms with Gasteiger partial charge in [-0.1, -0.05) is 0 Å². The second-order valence-electron chi connectivity index (χ2n) is 1.38. The van der Waals surface area contributed by atoms with Gasteiger partial charge in [-0.05, 0) is 0 Å². The minimum atomic E-state index is -0.426. The van der Waals surface area contributed by atoms with E-state index in [1.807, 2.05) is 0 Å². The van der Waals surface area contributed by atoms with Crippen LogP contribution in [-0.4, -0.2) is 62.3 Å². The average Bonchev–Trinajstić information content (AvgIpc) is 1.36. The Kier molecular flexibility index (Phi) is 8.08. The van der Waals surface area contributed by atoms with Gasteiger partial charge < -0.3 is 0 Å². The van der Waals surface area contributed by atoms with Gasteiger partial charge in [0.2, 0.25) is 6.04 Å². The SMILES string of the molecule is CC(C)[N+](=O)[O-].[KH]. The van der Waals surface area contributed by atoms with Crippen LogP contribution in [0.1, 0.15) is 13.8 Å². The molecule has 0 aliphatic rings. The van der Waals surface area contributed by atoms with E-state index < -0.39 is 6.04 Å². The molecule has 0 spiro atoms. The summed E-state index contributed by atoms with van der Waals surface area (Å²) in [6, 6.07) is -0.426. The van der Waals surface area contributed by atoms with Crippen molar-refractivity contribution in [2.75, 3.05) is 0 Å². The van der Waals surface area contributed by atoms with E-state index in [0.29, 0.717) is 0 Å². The molecule has 0 rings (SSSR count). The summed E-state index contributed by atoms with van der Waals surface area (Å²) in [4.78, 5) is 9.17. The van der Waals surface area contributed by atoms with Gasteiger partial charge in [0.15, 0.2) is 0 Å². The summed E-state index contributed by atoms with van der Waals surface area (Å²) in [7, 11) is 0. The van der Waals surface area contributed by atoms with E-state index in [-0.39, 0.29) is 56.3 Å². The first kappa shape index (κ1) is 10.9. The van der Waals surface area contributed by atoms with Crippen LogP contribution < -0.4 is 0 Å². The quantitative estimate of drug-likeness (QED) is 0.284. The third-order valence-corrected chi connectivity index (χ3v) is 0.422. The van der Waals surface area contributed by atoms with Crippen molar-refractivity contribution in [3.8, 4) is 0 Å². The second kappa shape index (κ2) is 5.18. The molecule has 38 valence electrons. The first-order valence-electron chi connectivity index (χ1n) is 1.78. The first-order chi connectivity index (χ1) is 2.64. The van der Waals surface area contributed by atoms with Crippen molar-refractivity contribution < 1.29 is 4.92 Å². The van der Waals surface area contributed by atoms with Crippen LogP contribution in [0.15, 0.2) is 0 Å². The first-order valence-corrected chi connectivity index (χ1v) is 1.78. The summed E-state index contributed by atoms with van der Waals surface area (Å²) in [5.74, 6) is 0. The molecule has 0 aliphatic heterocycles. The van der Waals surface area contributed by atoms with Crippen LogP contribution in [0.25, 0.3) is 0 Å². The molecule has 7 heavy (non-hydrogen) atoms. The van der Waals surface area contributed by atoms with Gasteiger partial charge in [-0.2, -0.15) is 0 Å². The maximum absolute atomic E-state index is 9.50. The molecule has 0 unspecified atom stereocenters. The van der Waals surface area contributed by atoms with Gasteiger partial charge >= 0.3 is 51.4 Å². The Bertz CT molecular complexity index is 64.0. The van der Waals surface area contributed by atoms with E-state index in [4.69, 9.17) is 0 Å². The summed E-state index contributed by atoms with van der Waals surface area (Å²) < 4.78 is 0. The predicted octanol–water partition coefficient (Wildman–Crippen LogP) is 0.0230. The van der Waals surface area contributed by atoms with Crippen molar-refractivity contribution >= 4 is 51.4 Å². The zero-order valence-electron chi connectivity index (χ0n) is 3.84. The fraction of sp³-hybridized carbons (Fsp3) is 1.00. The van der Waals surface area contributed by atoms with Gasteiger partial charge in [-0.25, -0.2) is 0 Å².